The number of aryl methyl sites for hydroxylation is 1. The Morgan fingerprint density at radius 3 is 2.45 bits per heavy atom. The van der Waals surface area contributed by atoms with Gasteiger partial charge in [0.05, 0.1) is 0 Å². The molecular formula is C22H24N4O2S. The number of nitrogens with zero attached hydrogens (tertiary/aromatic N) is 2. The highest BCUT2D eigenvalue weighted by atomic mass is 32.1. The van der Waals surface area contributed by atoms with E-state index in [2.05, 4.69) is 27.8 Å². The van der Waals surface area contributed by atoms with Gasteiger partial charge in [0.25, 0.3) is 5.91 Å². The van der Waals surface area contributed by atoms with E-state index in [9.17, 15) is 9.59 Å². The summed E-state index contributed by atoms with van der Waals surface area (Å²) in [5.74, 6) is -0.620. The number of aromatic nitrogens is 2. The Bertz CT molecular complexity index is 954. The molecule has 0 spiro atoms. The lowest BCUT2D eigenvalue weighted by Gasteiger charge is -2.13. The van der Waals surface area contributed by atoms with Gasteiger partial charge in [-0.2, -0.15) is 0 Å². The monoisotopic (exact) mass is 408 g/mol. The van der Waals surface area contributed by atoms with Crippen molar-refractivity contribution in [3.63, 3.8) is 0 Å². The number of carbonyl (C=O) groups is 2. The van der Waals surface area contributed by atoms with Gasteiger partial charge in [0, 0.05) is 11.1 Å². The minimum absolute atomic E-state index is 0.281. The van der Waals surface area contributed by atoms with Crippen molar-refractivity contribution in [3.05, 3.63) is 65.7 Å². The Morgan fingerprint density at radius 1 is 1.03 bits per heavy atom. The molecule has 0 fully saturated rings. The van der Waals surface area contributed by atoms with Gasteiger partial charge in [-0.25, -0.2) is 0 Å². The molecule has 1 heterocycles. The van der Waals surface area contributed by atoms with E-state index in [4.69, 9.17) is 0 Å². The molecule has 1 atom stereocenters. The van der Waals surface area contributed by atoms with E-state index in [0.717, 1.165) is 29.8 Å². The van der Waals surface area contributed by atoms with Crippen LogP contribution in [0.15, 0.2) is 54.6 Å². The summed E-state index contributed by atoms with van der Waals surface area (Å²) in [5, 5.41) is 14.7. The summed E-state index contributed by atoms with van der Waals surface area (Å²) in [6.45, 7) is 3.79. The van der Waals surface area contributed by atoms with Crippen LogP contribution in [0.4, 0.5) is 5.13 Å². The Balaban J connectivity index is 1.55. The fraction of sp³-hybridized carbons (Fsp3) is 0.273. The third kappa shape index (κ3) is 5.71. The third-order valence-corrected chi connectivity index (χ3v) is 5.34. The van der Waals surface area contributed by atoms with Crippen LogP contribution < -0.4 is 10.6 Å². The molecule has 3 aromatic rings. The predicted molar refractivity (Wildman–Crippen MR) is 116 cm³/mol. The molecule has 2 amide bonds. The molecule has 0 aliphatic carbocycles. The van der Waals surface area contributed by atoms with E-state index >= 15 is 0 Å². The van der Waals surface area contributed by atoms with Crippen molar-refractivity contribution in [2.45, 2.75) is 39.2 Å². The van der Waals surface area contributed by atoms with Crippen LogP contribution in [0.2, 0.25) is 0 Å². The lowest BCUT2D eigenvalue weighted by Crippen LogP contribution is -2.41. The molecule has 0 bridgehead atoms. The first-order valence-corrected chi connectivity index (χ1v) is 10.5. The van der Waals surface area contributed by atoms with Crippen LogP contribution in [0.5, 0.6) is 0 Å². The number of nitrogens with one attached hydrogen (secondary N) is 2. The summed E-state index contributed by atoms with van der Waals surface area (Å²) in [6.07, 6.45) is 3.26. The molecule has 7 heteroatoms. The smallest absolute Gasteiger partial charge is 0.251 e. The summed E-state index contributed by atoms with van der Waals surface area (Å²) in [5.41, 5.74) is 2.68. The summed E-state index contributed by atoms with van der Waals surface area (Å²) >= 11 is 1.29. The van der Waals surface area contributed by atoms with Crippen molar-refractivity contribution in [3.8, 4) is 10.6 Å². The van der Waals surface area contributed by atoms with Gasteiger partial charge in [0.1, 0.15) is 11.0 Å². The first-order valence-electron chi connectivity index (χ1n) is 9.66. The van der Waals surface area contributed by atoms with Gasteiger partial charge in [-0.15, -0.1) is 10.2 Å². The Labute approximate surface area is 174 Å². The Kier molecular flexibility index (Phi) is 7.08. The minimum Gasteiger partial charge on any atom is -0.341 e. The molecule has 3 rings (SSSR count). The van der Waals surface area contributed by atoms with E-state index in [1.54, 1.807) is 19.1 Å². The lowest BCUT2D eigenvalue weighted by molar-refractivity contribution is -0.117. The molecule has 1 aromatic heterocycles. The average molecular weight is 409 g/mol. The van der Waals surface area contributed by atoms with Crippen molar-refractivity contribution in [2.24, 2.45) is 0 Å². The second-order valence-corrected chi connectivity index (χ2v) is 7.74. The van der Waals surface area contributed by atoms with Gasteiger partial charge in [-0.1, -0.05) is 67.1 Å². The van der Waals surface area contributed by atoms with E-state index in [-0.39, 0.29) is 11.8 Å². The second-order valence-electron chi connectivity index (χ2n) is 6.76. The molecule has 1 unspecified atom stereocenters. The Hall–Kier alpha value is -3.06. The van der Waals surface area contributed by atoms with Crippen LogP contribution in [0.1, 0.15) is 42.6 Å². The van der Waals surface area contributed by atoms with Crippen molar-refractivity contribution in [1.29, 1.82) is 0 Å². The average Bonchev–Trinajstić information content (AvgIpc) is 3.21. The van der Waals surface area contributed by atoms with Gasteiger partial charge in [-0.3, -0.25) is 14.9 Å². The van der Waals surface area contributed by atoms with Crippen molar-refractivity contribution in [1.82, 2.24) is 15.5 Å². The maximum Gasteiger partial charge on any atom is 0.251 e. The van der Waals surface area contributed by atoms with Crippen LogP contribution in [0.3, 0.4) is 0 Å². The first kappa shape index (κ1) is 20.7. The van der Waals surface area contributed by atoms with Crippen LogP contribution >= 0.6 is 11.3 Å². The first-order chi connectivity index (χ1) is 14.1. The Morgan fingerprint density at radius 2 is 1.76 bits per heavy atom. The SMILES string of the molecule is CCCCc1ccc(C(=O)NC(C)C(=O)Nc2nnc(-c3ccccc3)s2)cc1. The van der Waals surface area contributed by atoms with Gasteiger partial charge < -0.3 is 5.32 Å². The molecule has 2 aromatic carbocycles. The molecule has 0 aliphatic heterocycles. The molecule has 0 saturated heterocycles. The highest BCUT2D eigenvalue weighted by Crippen LogP contribution is 2.25. The molecule has 2 N–H and O–H groups in total. The standard InChI is InChI=1S/C22H24N4O2S/c1-3-4-8-16-11-13-17(14-12-16)20(28)23-15(2)19(27)24-22-26-25-21(29-22)18-9-6-5-7-10-18/h5-7,9-15H,3-4,8H2,1-2H3,(H,23,28)(H,24,26,27). The van der Waals surface area contributed by atoms with Crippen molar-refractivity contribution < 1.29 is 9.59 Å². The van der Waals surface area contributed by atoms with E-state index in [1.807, 2.05) is 42.5 Å². The van der Waals surface area contributed by atoms with Crippen molar-refractivity contribution >= 4 is 28.3 Å². The van der Waals surface area contributed by atoms with Gasteiger partial charge in [-0.05, 0) is 37.5 Å². The van der Waals surface area contributed by atoms with E-state index < -0.39 is 6.04 Å². The zero-order valence-electron chi connectivity index (χ0n) is 16.5. The van der Waals surface area contributed by atoms with Crippen LogP contribution in [-0.4, -0.2) is 28.1 Å². The van der Waals surface area contributed by atoms with Gasteiger partial charge in [0.15, 0.2) is 0 Å². The highest BCUT2D eigenvalue weighted by Gasteiger charge is 2.18. The maximum absolute atomic E-state index is 12.4. The maximum atomic E-state index is 12.4. The highest BCUT2D eigenvalue weighted by molar-refractivity contribution is 7.18. The van der Waals surface area contributed by atoms with Crippen LogP contribution in [0.25, 0.3) is 10.6 Å². The number of unbranched alkanes of at least 4 members (excludes halogenated alkanes) is 1. The number of benzene rings is 2. The minimum atomic E-state index is -0.702. The zero-order chi connectivity index (χ0) is 20.6. The summed E-state index contributed by atoms with van der Waals surface area (Å²) in [7, 11) is 0. The number of hydrogen-bond donors (Lipinski definition) is 2. The normalized spacial score (nSPS) is 11.7. The third-order valence-electron chi connectivity index (χ3n) is 4.45. The molecule has 0 radical (unpaired) electrons. The van der Waals surface area contributed by atoms with Crippen molar-refractivity contribution in [2.75, 3.05) is 5.32 Å². The number of amides is 2. The molecule has 150 valence electrons. The topological polar surface area (TPSA) is 84.0 Å². The summed E-state index contributed by atoms with van der Waals surface area (Å²) < 4.78 is 0. The largest absolute Gasteiger partial charge is 0.341 e. The fourth-order valence-electron chi connectivity index (χ4n) is 2.73. The van der Waals surface area contributed by atoms with E-state index in [1.165, 1.54) is 16.9 Å². The van der Waals surface area contributed by atoms with Gasteiger partial charge in [0.2, 0.25) is 11.0 Å². The molecule has 6 nitrogen and oxygen atoms in total. The fourth-order valence-corrected chi connectivity index (χ4v) is 3.49. The lowest BCUT2D eigenvalue weighted by atomic mass is 10.1. The molecule has 29 heavy (non-hydrogen) atoms. The second kappa shape index (κ2) is 9.93. The van der Waals surface area contributed by atoms with Crippen LogP contribution in [0, 0.1) is 0 Å². The zero-order valence-corrected chi connectivity index (χ0v) is 17.3. The van der Waals surface area contributed by atoms with Crippen LogP contribution in [-0.2, 0) is 11.2 Å². The molecular weight excluding hydrogens is 384 g/mol. The quantitative estimate of drug-likeness (QED) is 0.582. The number of anilines is 1. The summed E-state index contributed by atoms with van der Waals surface area (Å²) in [4.78, 5) is 24.8. The summed E-state index contributed by atoms with van der Waals surface area (Å²) in [6, 6.07) is 16.4. The number of hydrogen-bond acceptors (Lipinski definition) is 5. The molecule has 0 aliphatic rings. The number of rotatable bonds is 8. The predicted octanol–water partition coefficient (Wildman–Crippen LogP) is 4.30. The molecule has 0 saturated carbocycles. The van der Waals surface area contributed by atoms with E-state index in [0.29, 0.717) is 10.7 Å². The number of carbonyl (C=O) groups excluding carboxylic acids is 2. The van der Waals surface area contributed by atoms with Gasteiger partial charge >= 0.3 is 0 Å².